The first-order chi connectivity index (χ1) is 8.47. The van der Waals surface area contributed by atoms with Crippen molar-refractivity contribution in [3.8, 4) is 0 Å². The molecule has 0 saturated heterocycles. The molecule has 0 radical (unpaired) electrons. The molecule has 0 bridgehead atoms. The van der Waals surface area contributed by atoms with Gasteiger partial charge in [-0.05, 0) is 51.8 Å². The Hall–Kier alpha value is -1.04. The molecule has 0 spiro atoms. The van der Waals surface area contributed by atoms with Gasteiger partial charge in [-0.15, -0.1) is 0 Å². The first-order valence-electron chi connectivity index (χ1n) is 4.68. The van der Waals surface area contributed by atoms with Crippen LogP contribution in [0.25, 0.3) is 0 Å². The van der Waals surface area contributed by atoms with Crippen LogP contribution >= 0.6 is 39.1 Å². The predicted octanol–water partition coefficient (Wildman–Crippen LogP) is 4.74. The van der Waals surface area contributed by atoms with Gasteiger partial charge in [0.2, 0.25) is 0 Å². The summed E-state index contributed by atoms with van der Waals surface area (Å²) < 4.78 is 18.3. The summed E-state index contributed by atoms with van der Waals surface area (Å²) in [4.78, 5) is 11.8. The number of anilines is 1. The van der Waals surface area contributed by atoms with Gasteiger partial charge in [0.15, 0.2) is 11.0 Å². The van der Waals surface area contributed by atoms with E-state index in [-0.39, 0.29) is 21.7 Å². The van der Waals surface area contributed by atoms with E-state index >= 15 is 0 Å². The molecular weight excluding hydrogens is 348 g/mol. The minimum Gasteiger partial charge on any atom is -0.440 e. The Balaban J connectivity index is 2.27. The van der Waals surface area contributed by atoms with E-state index in [0.29, 0.717) is 4.47 Å². The Morgan fingerprint density at radius 2 is 2.06 bits per heavy atom. The van der Waals surface area contributed by atoms with Crippen molar-refractivity contribution in [2.24, 2.45) is 0 Å². The fraction of sp³-hybridized carbons (Fsp3) is 0. The Kier molecular flexibility index (Phi) is 3.94. The van der Waals surface area contributed by atoms with Gasteiger partial charge in [-0.1, -0.05) is 11.6 Å². The molecule has 1 N–H and O–H groups in total. The van der Waals surface area contributed by atoms with Gasteiger partial charge in [0.25, 0.3) is 5.91 Å². The molecule has 0 unspecified atom stereocenters. The van der Waals surface area contributed by atoms with Crippen LogP contribution in [0.5, 0.6) is 0 Å². The summed E-state index contributed by atoms with van der Waals surface area (Å²) in [6.07, 6.45) is 0. The smallest absolute Gasteiger partial charge is 0.291 e. The quantitative estimate of drug-likeness (QED) is 0.848. The monoisotopic (exact) mass is 351 g/mol. The third-order valence-electron chi connectivity index (χ3n) is 2.04. The van der Waals surface area contributed by atoms with Crippen molar-refractivity contribution in [1.82, 2.24) is 0 Å². The van der Waals surface area contributed by atoms with Crippen LogP contribution in [-0.2, 0) is 0 Å². The van der Waals surface area contributed by atoms with Gasteiger partial charge in [0, 0.05) is 4.47 Å². The molecule has 2 rings (SSSR count). The first-order valence-corrected chi connectivity index (χ1v) is 6.23. The number of hydrogen-bond donors (Lipinski definition) is 1. The minimum absolute atomic E-state index is 0.0345. The average Bonchev–Trinajstić information content (AvgIpc) is 2.70. The van der Waals surface area contributed by atoms with E-state index in [9.17, 15) is 9.18 Å². The average molecular weight is 353 g/mol. The lowest BCUT2D eigenvalue weighted by molar-refractivity contribution is 0.0996. The van der Waals surface area contributed by atoms with E-state index < -0.39 is 11.7 Å². The normalized spacial score (nSPS) is 10.4. The second-order valence-corrected chi connectivity index (χ2v) is 4.94. The van der Waals surface area contributed by atoms with Crippen molar-refractivity contribution in [1.29, 1.82) is 0 Å². The lowest BCUT2D eigenvalue weighted by atomic mass is 10.3. The molecule has 1 heterocycles. The number of benzene rings is 1. The number of hydrogen-bond acceptors (Lipinski definition) is 2. The zero-order chi connectivity index (χ0) is 13.3. The summed E-state index contributed by atoms with van der Waals surface area (Å²) in [5, 5.41) is 2.68. The maximum Gasteiger partial charge on any atom is 0.291 e. The summed E-state index contributed by atoms with van der Waals surface area (Å²) in [5.74, 6) is -1.01. The van der Waals surface area contributed by atoms with Crippen molar-refractivity contribution in [2.75, 3.05) is 5.32 Å². The zero-order valence-electron chi connectivity index (χ0n) is 8.64. The van der Waals surface area contributed by atoms with Crippen LogP contribution in [0.1, 0.15) is 10.6 Å². The molecule has 18 heavy (non-hydrogen) atoms. The highest BCUT2D eigenvalue weighted by Gasteiger charge is 2.15. The van der Waals surface area contributed by atoms with Crippen LogP contribution in [0.2, 0.25) is 10.2 Å². The molecule has 7 heteroatoms. The second kappa shape index (κ2) is 5.30. The minimum atomic E-state index is -0.531. The molecule has 1 aromatic carbocycles. The summed E-state index contributed by atoms with van der Waals surface area (Å²) in [6.45, 7) is 0. The number of furan rings is 1. The molecule has 3 nitrogen and oxygen atoms in total. The number of amides is 1. The van der Waals surface area contributed by atoms with Crippen LogP contribution in [0.15, 0.2) is 33.2 Å². The maximum absolute atomic E-state index is 13.0. The number of carbonyl (C=O) groups is 1. The summed E-state index contributed by atoms with van der Waals surface area (Å²) >= 11 is 14.5. The lowest BCUT2D eigenvalue weighted by Crippen LogP contribution is -2.11. The summed E-state index contributed by atoms with van der Waals surface area (Å²) in [5.41, 5.74) is 0.260. The van der Waals surface area contributed by atoms with Gasteiger partial charge >= 0.3 is 0 Å². The Morgan fingerprint density at radius 1 is 1.33 bits per heavy atom. The van der Waals surface area contributed by atoms with E-state index in [1.165, 1.54) is 18.2 Å². The molecule has 0 aliphatic heterocycles. The number of rotatable bonds is 2. The van der Waals surface area contributed by atoms with E-state index in [4.69, 9.17) is 27.6 Å². The molecular formula is C11H5BrCl2FNO2. The van der Waals surface area contributed by atoms with E-state index in [1.807, 2.05) is 0 Å². The van der Waals surface area contributed by atoms with E-state index in [1.54, 1.807) is 0 Å². The van der Waals surface area contributed by atoms with Gasteiger partial charge in [-0.2, -0.15) is 0 Å². The number of nitrogens with one attached hydrogen (secondary N) is 1. The molecule has 0 atom stereocenters. The lowest BCUT2D eigenvalue weighted by Gasteiger charge is -2.08. The molecule has 0 fully saturated rings. The SMILES string of the molecule is O=C(Nc1c(Cl)cc(F)cc1Br)c1ccc(Cl)o1. The first kappa shape index (κ1) is 13.4. The Morgan fingerprint density at radius 3 is 2.61 bits per heavy atom. The number of halogens is 4. The zero-order valence-corrected chi connectivity index (χ0v) is 11.7. The van der Waals surface area contributed by atoms with E-state index in [0.717, 1.165) is 6.07 Å². The molecule has 94 valence electrons. The van der Waals surface area contributed by atoms with Crippen molar-refractivity contribution >= 4 is 50.7 Å². The Labute approximate surface area is 120 Å². The van der Waals surface area contributed by atoms with Crippen molar-refractivity contribution in [3.05, 3.63) is 50.6 Å². The summed E-state index contributed by atoms with van der Waals surface area (Å²) in [7, 11) is 0. The summed E-state index contributed by atoms with van der Waals surface area (Å²) in [6, 6.07) is 5.15. The fourth-order valence-electron chi connectivity index (χ4n) is 1.27. The highest BCUT2D eigenvalue weighted by atomic mass is 79.9. The topological polar surface area (TPSA) is 42.2 Å². The maximum atomic E-state index is 13.0. The fourth-order valence-corrected chi connectivity index (χ4v) is 2.32. The van der Waals surface area contributed by atoms with Crippen LogP contribution < -0.4 is 5.32 Å². The number of carbonyl (C=O) groups excluding carboxylic acids is 1. The van der Waals surface area contributed by atoms with Crippen LogP contribution in [0.4, 0.5) is 10.1 Å². The van der Waals surface area contributed by atoms with Gasteiger partial charge in [-0.3, -0.25) is 4.79 Å². The molecule has 0 aliphatic carbocycles. The molecule has 2 aromatic rings. The standard InChI is InChI=1S/C11H5BrCl2FNO2/c12-6-3-5(15)4-7(13)10(6)16-11(17)8-1-2-9(14)18-8/h1-4H,(H,16,17). The molecule has 1 aromatic heterocycles. The van der Waals surface area contributed by atoms with Crippen molar-refractivity contribution in [2.45, 2.75) is 0 Å². The largest absolute Gasteiger partial charge is 0.440 e. The third-order valence-corrected chi connectivity index (χ3v) is 3.17. The molecule has 0 aliphatic rings. The highest BCUT2D eigenvalue weighted by molar-refractivity contribution is 9.10. The van der Waals surface area contributed by atoms with Gasteiger partial charge in [-0.25, -0.2) is 4.39 Å². The highest BCUT2D eigenvalue weighted by Crippen LogP contribution is 2.32. The molecule has 1 amide bonds. The third kappa shape index (κ3) is 2.85. The Bertz CT molecular complexity index is 592. The predicted molar refractivity (Wildman–Crippen MR) is 70.8 cm³/mol. The van der Waals surface area contributed by atoms with Gasteiger partial charge in [0.05, 0.1) is 10.7 Å². The van der Waals surface area contributed by atoms with Crippen molar-refractivity contribution < 1.29 is 13.6 Å². The van der Waals surface area contributed by atoms with Crippen molar-refractivity contribution in [3.63, 3.8) is 0 Å². The van der Waals surface area contributed by atoms with E-state index in [2.05, 4.69) is 21.2 Å². The van der Waals surface area contributed by atoms with Gasteiger partial charge in [0.1, 0.15) is 5.82 Å². The van der Waals surface area contributed by atoms with Crippen LogP contribution in [-0.4, -0.2) is 5.91 Å². The van der Waals surface area contributed by atoms with Gasteiger partial charge < -0.3 is 9.73 Å². The van der Waals surface area contributed by atoms with Crippen LogP contribution in [0.3, 0.4) is 0 Å². The molecule has 0 saturated carbocycles. The van der Waals surface area contributed by atoms with Crippen LogP contribution in [0, 0.1) is 5.82 Å². The second-order valence-electron chi connectivity index (χ2n) is 3.30.